The number of nitrogen functional groups attached to an aromatic ring is 1. The fourth-order valence-corrected chi connectivity index (χ4v) is 2.70. The number of aromatic nitrogens is 2. The third-order valence-corrected chi connectivity index (χ3v) is 4.95. The second-order valence-corrected chi connectivity index (χ2v) is 7.43. The van der Waals surface area contributed by atoms with Gasteiger partial charge in [0.15, 0.2) is 0 Å². The minimum Gasteiger partial charge on any atom is -0.383 e. The summed E-state index contributed by atoms with van der Waals surface area (Å²) >= 11 is 0. The molecule has 1 unspecified atom stereocenters. The summed E-state index contributed by atoms with van der Waals surface area (Å²) in [5, 5.41) is 12.1. The Labute approximate surface area is 170 Å². The topological polar surface area (TPSA) is 146 Å². The van der Waals surface area contributed by atoms with Gasteiger partial charge in [-0.05, 0) is 19.3 Å². The average Bonchev–Trinajstić information content (AvgIpc) is 2.65. The van der Waals surface area contributed by atoms with Crippen molar-refractivity contribution in [3.05, 3.63) is 20.8 Å². The Balaban J connectivity index is 3.28. The van der Waals surface area contributed by atoms with Crippen molar-refractivity contribution < 1.29 is 9.53 Å². The minimum absolute atomic E-state index is 0.00278. The molecule has 0 saturated heterocycles. The Morgan fingerprint density at radius 3 is 2.62 bits per heavy atom. The smallest absolute Gasteiger partial charge is 0.330 e. The number of hydrogen-bond donors (Lipinski definition) is 3. The lowest BCUT2D eigenvalue weighted by Gasteiger charge is -2.30. The largest absolute Gasteiger partial charge is 0.383 e. The summed E-state index contributed by atoms with van der Waals surface area (Å²) in [4.78, 5) is 41.0. The Morgan fingerprint density at radius 1 is 1.45 bits per heavy atom. The van der Waals surface area contributed by atoms with Crippen LogP contribution in [0, 0.1) is 17.2 Å². The van der Waals surface area contributed by atoms with Crippen LogP contribution in [0.25, 0.3) is 0 Å². The van der Waals surface area contributed by atoms with Gasteiger partial charge in [0.1, 0.15) is 17.0 Å². The highest BCUT2D eigenvalue weighted by Crippen LogP contribution is 2.18. The molecule has 0 radical (unpaired) electrons. The second kappa shape index (κ2) is 10.7. The zero-order valence-corrected chi connectivity index (χ0v) is 17.9. The highest BCUT2D eigenvalue weighted by molar-refractivity contribution is 5.83. The summed E-state index contributed by atoms with van der Waals surface area (Å²) < 4.78 is 6.38. The number of nitrogens with one attached hydrogen (secondary N) is 2. The molecule has 1 rings (SSSR count). The molecule has 0 aliphatic rings. The van der Waals surface area contributed by atoms with Gasteiger partial charge in [0, 0.05) is 20.2 Å². The number of rotatable bonds is 11. The molecule has 0 fully saturated rings. The van der Waals surface area contributed by atoms with Crippen LogP contribution in [0.4, 0.5) is 11.5 Å². The van der Waals surface area contributed by atoms with Crippen molar-refractivity contribution in [3.8, 4) is 6.07 Å². The van der Waals surface area contributed by atoms with Crippen LogP contribution in [0.5, 0.6) is 0 Å². The molecule has 0 aliphatic heterocycles. The first-order valence-corrected chi connectivity index (χ1v) is 9.70. The lowest BCUT2D eigenvalue weighted by Crippen LogP contribution is -2.53. The predicted molar refractivity (Wildman–Crippen MR) is 112 cm³/mol. The van der Waals surface area contributed by atoms with Crippen LogP contribution < -0.4 is 27.2 Å². The van der Waals surface area contributed by atoms with Crippen molar-refractivity contribution >= 4 is 17.4 Å². The maximum Gasteiger partial charge on any atom is 0.330 e. The molecule has 0 aliphatic carbocycles. The van der Waals surface area contributed by atoms with E-state index >= 15 is 0 Å². The van der Waals surface area contributed by atoms with Crippen molar-refractivity contribution in [1.29, 1.82) is 5.26 Å². The number of unbranched alkanes of at least 4 members (excludes halogenated alkanes) is 1. The zero-order chi connectivity index (χ0) is 22.2. The minimum atomic E-state index is -1.05. The van der Waals surface area contributed by atoms with Crippen LogP contribution in [-0.2, 0) is 16.1 Å². The van der Waals surface area contributed by atoms with Gasteiger partial charge < -0.3 is 20.7 Å². The number of amides is 1. The van der Waals surface area contributed by atoms with Crippen LogP contribution in [0.3, 0.4) is 0 Å². The van der Waals surface area contributed by atoms with E-state index in [1.165, 1.54) is 16.6 Å². The number of carbonyl (C=O) groups excluding carboxylic acids is 1. The maximum absolute atomic E-state index is 12.6. The molecule has 162 valence electrons. The number of nitrogens with zero attached hydrogens (tertiary/aromatic N) is 3. The van der Waals surface area contributed by atoms with Gasteiger partial charge in [0.05, 0.1) is 19.2 Å². The number of anilines is 2. The van der Waals surface area contributed by atoms with Crippen molar-refractivity contribution in [2.24, 2.45) is 5.92 Å². The number of nitrogens with two attached hydrogens (primary N) is 1. The molecule has 0 spiro atoms. The van der Waals surface area contributed by atoms with E-state index in [1.54, 1.807) is 6.92 Å². The molecule has 10 nitrogen and oxygen atoms in total. The zero-order valence-electron chi connectivity index (χ0n) is 17.9. The molecule has 1 atom stereocenters. The van der Waals surface area contributed by atoms with Gasteiger partial charge in [0.25, 0.3) is 5.56 Å². The lowest BCUT2D eigenvalue weighted by atomic mass is 9.90. The summed E-state index contributed by atoms with van der Waals surface area (Å²) in [6, 6.07) is 2.11. The van der Waals surface area contributed by atoms with Gasteiger partial charge in [-0.2, -0.15) is 5.26 Å². The lowest BCUT2D eigenvalue weighted by molar-refractivity contribution is -0.121. The van der Waals surface area contributed by atoms with E-state index in [-0.39, 0.29) is 37.1 Å². The SMILES string of the molecule is CCCCn1c(N)c(N(CCOC)CC(=O)NC(C)(C#N)C(C)C)c(=O)[nH]c1=O. The highest BCUT2D eigenvalue weighted by Gasteiger charge is 2.31. The van der Waals surface area contributed by atoms with E-state index in [1.807, 2.05) is 20.8 Å². The Morgan fingerprint density at radius 2 is 2.10 bits per heavy atom. The summed E-state index contributed by atoms with van der Waals surface area (Å²) in [6.07, 6.45) is 1.56. The standard InChI is InChI=1S/C19H32N6O4/c1-6-7-8-25-16(21)15(17(27)22-18(25)28)24(9-10-29-5)11-14(26)23-19(4,12-20)13(2)3/h13H,6-11,21H2,1-5H3,(H,23,26)(H,22,27,28). The van der Waals surface area contributed by atoms with Crippen molar-refractivity contribution in [2.45, 2.75) is 52.6 Å². The van der Waals surface area contributed by atoms with Gasteiger partial charge in [-0.3, -0.25) is 19.1 Å². The fraction of sp³-hybridized carbons (Fsp3) is 0.684. The van der Waals surface area contributed by atoms with Crippen LogP contribution >= 0.6 is 0 Å². The molecule has 29 heavy (non-hydrogen) atoms. The molecule has 4 N–H and O–H groups in total. The average molecular weight is 409 g/mol. The quantitative estimate of drug-likeness (QED) is 0.481. The van der Waals surface area contributed by atoms with Gasteiger partial charge in [-0.25, -0.2) is 4.79 Å². The number of hydrogen-bond acceptors (Lipinski definition) is 7. The number of aromatic amines is 1. The summed E-state index contributed by atoms with van der Waals surface area (Å²) in [6.45, 7) is 7.86. The van der Waals surface area contributed by atoms with Crippen molar-refractivity contribution in [1.82, 2.24) is 14.9 Å². The summed E-state index contributed by atoms with van der Waals surface area (Å²) in [7, 11) is 1.50. The van der Waals surface area contributed by atoms with E-state index in [2.05, 4.69) is 16.4 Å². The van der Waals surface area contributed by atoms with Crippen molar-refractivity contribution in [2.75, 3.05) is 37.4 Å². The number of ether oxygens (including phenoxy) is 1. The first-order chi connectivity index (χ1) is 13.6. The number of carbonyl (C=O) groups is 1. The van der Waals surface area contributed by atoms with E-state index in [0.29, 0.717) is 13.0 Å². The Hall–Kier alpha value is -2.80. The molecular formula is C19H32N6O4. The first kappa shape index (κ1) is 24.2. The van der Waals surface area contributed by atoms with E-state index < -0.39 is 22.7 Å². The summed E-state index contributed by atoms with van der Waals surface area (Å²) in [5.41, 5.74) is 3.88. The van der Waals surface area contributed by atoms with Crippen LogP contribution in [0.1, 0.15) is 40.5 Å². The van der Waals surface area contributed by atoms with Gasteiger partial charge in [0.2, 0.25) is 5.91 Å². The predicted octanol–water partition coefficient (Wildman–Crippen LogP) is 0.426. The maximum atomic E-state index is 12.6. The fourth-order valence-electron chi connectivity index (χ4n) is 2.70. The van der Waals surface area contributed by atoms with Crippen LogP contribution in [-0.4, -0.2) is 47.8 Å². The van der Waals surface area contributed by atoms with Crippen LogP contribution in [0.2, 0.25) is 0 Å². The third-order valence-electron chi connectivity index (χ3n) is 4.95. The Bertz CT molecular complexity index is 854. The van der Waals surface area contributed by atoms with Gasteiger partial charge in [-0.1, -0.05) is 27.2 Å². The molecule has 0 bridgehead atoms. The van der Waals surface area contributed by atoms with Gasteiger partial charge >= 0.3 is 5.69 Å². The molecule has 10 heteroatoms. The highest BCUT2D eigenvalue weighted by atomic mass is 16.5. The number of methoxy groups -OCH3 is 1. The van der Waals surface area contributed by atoms with Gasteiger partial charge in [-0.15, -0.1) is 0 Å². The van der Waals surface area contributed by atoms with Crippen molar-refractivity contribution in [3.63, 3.8) is 0 Å². The monoisotopic (exact) mass is 408 g/mol. The molecule has 1 aromatic rings. The molecule has 1 amide bonds. The van der Waals surface area contributed by atoms with Crippen LogP contribution in [0.15, 0.2) is 9.59 Å². The van der Waals surface area contributed by atoms with E-state index in [0.717, 1.165) is 6.42 Å². The van der Waals surface area contributed by atoms with E-state index in [4.69, 9.17) is 10.5 Å². The molecule has 1 heterocycles. The second-order valence-electron chi connectivity index (χ2n) is 7.43. The first-order valence-electron chi connectivity index (χ1n) is 9.70. The number of H-pyrrole nitrogens is 1. The molecule has 1 aromatic heterocycles. The number of nitriles is 1. The Kier molecular flexibility index (Phi) is 8.91. The molecule has 0 aromatic carbocycles. The van der Waals surface area contributed by atoms with E-state index in [9.17, 15) is 19.6 Å². The third kappa shape index (κ3) is 6.09. The normalized spacial score (nSPS) is 13.0. The molecular weight excluding hydrogens is 376 g/mol. The molecule has 0 saturated carbocycles. The summed E-state index contributed by atoms with van der Waals surface area (Å²) in [5.74, 6) is -0.555.